The first-order chi connectivity index (χ1) is 12.6. The molecule has 0 aliphatic rings. The predicted octanol–water partition coefficient (Wildman–Crippen LogP) is 3.59. The molecule has 0 bridgehead atoms. The number of methoxy groups -OCH3 is 2. The summed E-state index contributed by atoms with van der Waals surface area (Å²) in [7, 11) is 3.12. The van der Waals surface area contributed by atoms with E-state index in [4.69, 9.17) is 14.2 Å². The van der Waals surface area contributed by atoms with Gasteiger partial charge in [-0.3, -0.25) is 4.79 Å². The van der Waals surface area contributed by atoms with Gasteiger partial charge in [0.15, 0.2) is 11.6 Å². The molecule has 1 heterocycles. The zero-order valence-electron chi connectivity index (χ0n) is 14.5. The van der Waals surface area contributed by atoms with Crippen molar-refractivity contribution in [3.05, 3.63) is 54.0 Å². The molecule has 0 spiro atoms. The molecule has 6 nitrogen and oxygen atoms in total. The van der Waals surface area contributed by atoms with E-state index in [1.165, 1.54) is 12.1 Å². The van der Waals surface area contributed by atoms with E-state index in [2.05, 4.69) is 10.3 Å². The van der Waals surface area contributed by atoms with Crippen LogP contribution in [0.25, 0.3) is 10.9 Å². The van der Waals surface area contributed by atoms with E-state index in [0.717, 1.165) is 10.9 Å². The Bertz CT molecular complexity index is 923. The maximum absolute atomic E-state index is 14.0. The van der Waals surface area contributed by atoms with Gasteiger partial charge in [0.1, 0.15) is 18.1 Å². The molecule has 1 aromatic heterocycles. The number of halogens is 1. The van der Waals surface area contributed by atoms with Crippen LogP contribution in [0.15, 0.2) is 42.5 Å². The highest BCUT2D eigenvalue weighted by Gasteiger charge is 2.12. The van der Waals surface area contributed by atoms with Gasteiger partial charge in [0.05, 0.1) is 13.7 Å². The quantitative estimate of drug-likeness (QED) is 0.633. The average Bonchev–Trinajstić information content (AvgIpc) is 3.07. The minimum absolute atomic E-state index is 0.109. The fourth-order valence-electron chi connectivity index (χ4n) is 2.48. The third-order valence-electron chi connectivity index (χ3n) is 3.81. The molecule has 2 N–H and O–H groups in total. The van der Waals surface area contributed by atoms with Gasteiger partial charge in [0.25, 0.3) is 5.91 Å². The molecule has 26 heavy (non-hydrogen) atoms. The summed E-state index contributed by atoms with van der Waals surface area (Å²) in [5.74, 6) is -0.122. The fraction of sp³-hybridized carbons (Fsp3) is 0.211. The molecular weight excluding hydrogens is 339 g/mol. The molecule has 0 unspecified atom stereocenters. The fourth-order valence-corrected chi connectivity index (χ4v) is 2.48. The monoisotopic (exact) mass is 358 g/mol. The Morgan fingerprint density at radius 2 is 1.96 bits per heavy atom. The molecule has 0 aliphatic heterocycles. The number of aromatic amines is 1. The number of benzene rings is 2. The normalized spacial score (nSPS) is 10.7. The van der Waals surface area contributed by atoms with E-state index in [9.17, 15) is 9.18 Å². The predicted molar refractivity (Wildman–Crippen MR) is 96.6 cm³/mol. The Morgan fingerprint density at radius 3 is 2.69 bits per heavy atom. The van der Waals surface area contributed by atoms with E-state index in [-0.39, 0.29) is 18.3 Å². The highest BCUT2D eigenvalue weighted by molar-refractivity contribution is 6.06. The van der Waals surface area contributed by atoms with E-state index in [1.54, 1.807) is 32.4 Å². The Morgan fingerprint density at radius 1 is 1.12 bits per heavy atom. The van der Waals surface area contributed by atoms with Gasteiger partial charge in [-0.05, 0) is 30.3 Å². The van der Waals surface area contributed by atoms with Crippen LogP contribution in [0.5, 0.6) is 11.5 Å². The number of anilines is 1. The third kappa shape index (κ3) is 3.94. The maximum atomic E-state index is 14.0. The van der Waals surface area contributed by atoms with Crippen LogP contribution in [0.2, 0.25) is 0 Å². The number of ether oxygens (including phenoxy) is 3. The van der Waals surface area contributed by atoms with E-state index < -0.39 is 5.82 Å². The van der Waals surface area contributed by atoms with Crippen molar-refractivity contribution in [1.82, 2.24) is 4.98 Å². The topological polar surface area (TPSA) is 72.6 Å². The smallest absolute Gasteiger partial charge is 0.272 e. The molecule has 0 saturated carbocycles. The van der Waals surface area contributed by atoms with Gasteiger partial charge in [-0.1, -0.05) is 0 Å². The summed E-state index contributed by atoms with van der Waals surface area (Å²) in [5, 5.41) is 3.54. The molecular formula is C19H19FN2O4. The van der Waals surface area contributed by atoms with Crippen molar-refractivity contribution in [3.63, 3.8) is 0 Å². The molecule has 136 valence electrons. The van der Waals surface area contributed by atoms with Crippen molar-refractivity contribution in [2.75, 3.05) is 32.8 Å². The van der Waals surface area contributed by atoms with Gasteiger partial charge < -0.3 is 24.5 Å². The SMILES string of the molecule is COCCOc1ccc(NC(=O)c2cc3ccc(OC)cc3[nH]2)cc1F. The van der Waals surface area contributed by atoms with Crippen molar-refractivity contribution < 1.29 is 23.4 Å². The van der Waals surface area contributed by atoms with Crippen LogP contribution in [0.1, 0.15) is 10.5 Å². The standard InChI is InChI=1S/C19H19FN2O4/c1-24-7-8-26-18-6-4-13(10-15(18)20)21-19(23)17-9-12-3-5-14(25-2)11-16(12)22-17/h3-6,9-11,22H,7-8H2,1-2H3,(H,21,23). The van der Waals surface area contributed by atoms with Crippen molar-refractivity contribution in [2.24, 2.45) is 0 Å². The van der Waals surface area contributed by atoms with Crippen LogP contribution in [0.4, 0.5) is 10.1 Å². The Kier molecular flexibility index (Phi) is 5.38. The lowest BCUT2D eigenvalue weighted by Gasteiger charge is -2.09. The molecule has 7 heteroatoms. The van der Waals surface area contributed by atoms with Gasteiger partial charge >= 0.3 is 0 Å². The number of aromatic nitrogens is 1. The second-order valence-electron chi connectivity index (χ2n) is 5.58. The van der Waals surface area contributed by atoms with Crippen molar-refractivity contribution >= 4 is 22.5 Å². The van der Waals surface area contributed by atoms with Gasteiger partial charge in [-0.25, -0.2) is 4.39 Å². The van der Waals surface area contributed by atoms with Crippen molar-refractivity contribution in [2.45, 2.75) is 0 Å². The van der Waals surface area contributed by atoms with Crippen LogP contribution in [-0.4, -0.2) is 38.3 Å². The molecule has 1 amide bonds. The molecule has 0 saturated heterocycles. The second-order valence-corrected chi connectivity index (χ2v) is 5.58. The molecule has 0 aliphatic carbocycles. The van der Waals surface area contributed by atoms with Crippen molar-refractivity contribution in [1.29, 1.82) is 0 Å². The summed E-state index contributed by atoms with van der Waals surface area (Å²) in [6.45, 7) is 0.612. The molecule has 0 radical (unpaired) electrons. The number of H-pyrrole nitrogens is 1. The van der Waals surface area contributed by atoms with E-state index in [1.807, 2.05) is 12.1 Å². The first-order valence-electron chi connectivity index (χ1n) is 8.00. The van der Waals surface area contributed by atoms with Gasteiger partial charge in [0.2, 0.25) is 0 Å². The molecule has 3 rings (SSSR count). The summed E-state index contributed by atoms with van der Waals surface area (Å²) < 4.78 is 29.3. The average molecular weight is 358 g/mol. The van der Waals surface area contributed by atoms with Crippen LogP contribution in [0.3, 0.4) is 0 Å². The van der Waals surface area contributed by atoms with E-state index in [0.29, 0.717) is 23.7 Å². The third-order valence-corrected chi connectivity index (χ3v) is 3.81. The first-order valence-corrected chi connectivity index (χ1v) is 8.00. The zero-order chi connectivity index (χ0) is 18.5. The number of hydrogen-bond acceptors (Lipinski definition) is 4. The lowest BCUT2D eigenvalue weighted by molar-refractivity contribution is 0.102. The zero-order valence-corrected chi connectivity index (χ0v) is 14.5. The van der Waals surface area contributed by atoms with Crippen LogP contribution < -0.4 is 14.8 Å². The summed E-state index contributed by atoms with van der Waals surface area (Å²) in [6.07, 6.45) is 0. The van der Waals surface area contributed by atoms with E-state index >= 15 is 0 Å². The minimum atomic E-state index is -0.555. The number of carbonyl (C=O) groups excluding carboxylic acids is 1. The van der Waals surface area contributed by atoms with Gasteiger partial charge in [0, 0.05) is 35.8 Å². The number of fused-ring (bicyclic) bond motifs is 1. The number of carbonyl (C=O) groups is 1. The number of rotatable bonds is 7. The lowest BCUT2D eigenvalue weighted by atomic mass is 10.2. The highest BCUT2D eigenvalue weighted by atomic mass is 19.1. The maximum Gasteiger partial charge on any atom is 0.272 e. The summed E-state index contributed by atoms with van der Waals surface area (Å²) >= 11 is 0. The molecule has 0 fully saturated rings. The number of nitrogens with one attached hydrogen (secondary N) is 2. The molecule has 0 atom stereocenters. The Balaban J connectivity index is 1.72. The minimum Gasteiger partial charge on any atom is -0.497 e. The van der Waals surface area contributed by atoms with Crippen LogP contribution >= 0.6 is 0 Å². The van der Waals surface area contributed by atoms with Gasteiger partial charge in [-0.15, -0.1) is 0 Å². The Labute approximate surface area is 149 Å². The summed E-state index contributed by atoms with van der Waals surface area (Å²) in [4.78, 5) is 15.4. The van der Waals surface area contributed by atoms with Crippen LogP contribution in [-0.2, 0) is 4.74 Å². The lowest BCUT2D eigenvalue weighted by Crippen LogP contribution is -2.12. The molecule has 2 aromatic carbocycles. The largest absolute Gasteiger partial charge is 0.497 e. The van der Waals surface area contributed by atoms with Gasteiger partial charge in [-0.2, -0.15) is 0 Å². The summed E-state index contributed by atoms with van der Waals surface area (Å²) in [5.41, 5.74) is 1.49. The highest BCUT2D eigenvalue weighted by Crippen LogP contribution is 2.24. The molecule has 3 aromatic rings. The van der Waals surface area contributed by atoms with Crippen molar-refractivity contribution in [3.8, 4) is 11.5 Å². The second kappa shape index (κ2) is 7.88. The Hall–Kier alpha value is -3.06. The number of amides is 1. The first kappa shape index (κ1) is 17.8. The summed E-state index contributed by atoms with van der Waals surface area (Å²) in [6, 6.07) is 11.5. The number of hydrogen-bond donors (Lipinski definition) is 2. The van der Waals surface area contributed by atoms with Crippen LogP contribution in [0, 0.1) is 5.82 Å².